The second-order valence-corrected chi connectivity index (χ2v) is 7.55. The first-order valence-corrected chi connectivity index (χ1v) is 9.70. The van der Waals surface area contributed by atoms with Gasteiger partial charge in [-0.2, -0.15) is 0 Å². The quantitative estimate of drug-likeness (QED) is 0.678. The Morgan fingerprint density at radius 1 is 1.15 bits per heavy atom. The molecule has 1 aliphatic rings. The van der Waals surface area contributed by atoms with E-state index in [1.54, 1.807) is 6.20 Å². The van der Waals surface area contributed by atoms with Crippen molar-refractivity contribution in [1.29, 1.82) is 0 Å². The predicted octanol–water partition coefficient (Wildman–Crippen LogP) is 4.01. The van der Waals surface area contributed by atoms with Crippen LogP contribution in [0.1, 0.15) is 15.6 Å². The van der Waals surface area contributed by atoms with Gasteiger partial charge in [-0.1, -0.05) is 17.7 Å². The second kappa shape index (κ2) is 7.61. The number of rotatable bonds is 4. The number of hydrogen-bond acceptors (Lipinski definition) is 5. The number of hydrogen-bond donors (Lipinski definition) is 0. The minimum Gasteiger partial charge on any atom is -0.439 e. The summed E-state index contributed by atoms with van der Waals surface area (Å²) in [7, 11) is 0. The van der Waals surface area contributed by atoms with Crippen LogP contribution < -0.4 is 0 Å². The van der Waals surface area contributed by atoms with Gasteiger partial charge in [0.05, 0.1) is 17.6 Å². The summed E-state index contributed by atoms with van der Waals surface area (Å²) in [6.45, 7) is 3.73. The summed E-state index contributed by atoms with van der Waals surface area (Å²) >= 11 is 7.41. The Hall–Kier alpha value is -2.15. The number of thiophene rings is 1. The molecule has 5 nitrogen and oxygen atoms in total. The molecule has 1 saturated heterocycles. The summed E-state index contributed by atoms with van der Waals surface area (Å²) in [5.41, 5.74) is 0.958. The molecule has 26 heavy (non-hydrogen) atoms. The Bertz CT molecular complexity index is 869. The van der Waals surface area contributed by atoms with E-state index >= 15 is 0 Å². The fraction of sp³-hybridized carbons (Fsp3) is 0.263. The molecule has 0 atom stereocenters. The summed E-state index contributed by atoms with van der Waals surface area (Å²) in [5, 5.41) is 2.63. The van der Waals surface area contributed by atoms with E-state index in [4.69, 9.17) is 16.0 Å². The van der Waals surface area contributed by atoms with Gasteiger partial charge in [-0.3, -0.25) is 9.69 Å². The maximum atomic E-state index is 12.4. The van der Waals surface area contributed by atoms with E-state index in [-0.39, 0.29) is 5.91 Å². The number of halogens is 1. The van der Waals surface area contributed by atoms with E-state index < -0.39 is 0 Å². The fourth-order valence-electron chi connectivity index (χ4n) is 2.99. The monoisotopic (exact) mass is 387 g/mol. The Balaban J connectivity index is 1.33. The van der Waals surface area contributed by atoms with Gasteiger partial charge in [-0.25, -0.2) is 4.98 Å². The van der Waals surface area contributed by atoms with Crippen LogP contribution in [0.3, 0.4) is 0 Å². The van der Waals surface area contributed by atoms with E-state index in [0.717, 1.165) is 42.4 Å². The zero-order chi connectivity index (χ0) is 17.9. The number of benzene rings is 1. The van der Waals surface area contributed by atoms with Gasteiger partial charge in [0.15, 0.2) is 5.76 Å². The van der Waals surface area contributed by atoms with Gasteiger partial charge in [-0.15, -0.1) is 11.3 Å². The second-order valence-electron chi connectivity index (χ2n) is 6.17. The SMILES string of the molecule is O=C(c1cccs1)N1CCN(Cc2ncc(-c3ccc(Cl)cc3)o2)CC1. The molecule has 0 aliphatic carbocycles. The van der Waals surface area contributed by atoms with Gasteiger partial charge >= 0.3 is 0 Å². The summed E-state index contributed by atoms with van der Waals surface area (Å²) in [6, 6.07) is 11.3. The molecule has 0 spiro atoms. The molecule has 1 aliphatic heterocycles. The smallest absolute Gasteiger partial charge is 0.264 e. The number of oxazole rings is 1. The van der Waals surface area contributed by atoms with Crippen LogP contribution in [0.25, 0.3) is 11.3 Å². The van der Waals surface area contributed by atoms with E-state index in [0.29, 0.717) is 17.5 Å². The molecule has 0 saturated carbocycles. The maximum Gasteiger partial charge on any atom is 0.264 e. The number of carbonyl (C=O) groups is 1. The van der Waals surface area contributed by atoms with Crippen LogP contribution in [0.4, 0.5) is 0 Å². The highest BCUT2D eigenvalue weighted by atomic mass is 35.5. The Morgan fingerprint density at radius 3 is 2.62 bits per heavy atom. The zero-order valence-corrected chi connectivity index (χ0v) is 15.7. The number of aromatic nitrogens is 1. The van der Waals surface area contributed by atoms with Crippen LogP contribution in [-0.4, -0.2) is 46.9 Å². The van der Waals surface area contributed by atoms with Gasteiger partial charge in [0.2, 0.25) is 5.89 Å². The van der Waals surface area contributed by atoms with Crippen molar-refractivity contribution < 1.29 is 9.21 Å². The van der Waals surface area contributed by atoms with Gasteiger partial charge in [0, 0.05) is 36.8 Å². The highest BCUT2D eigenvalue weighted by Crippen LogP contribution is 2.23. The molecule has 1 amide bonds. The van der Waals surface area contributed by atoms with Crippen molar-refractivity contribution in [1.82, 2.24) is 14.8 Å². The third kappa shape index (κ3) is 3.82. The van der Waals surface area contributed by atoms with Crippen molar-refractivity contribution in [3.63, 3.8) is 0 Å². The van der Waals surface area contributed by atoms with Crippen LogP contribution in [0.15, 0.2) is 52.4 Å². The lowest BCUT2D eigenvalue weighted by molar-refractivity contribution is 0.0623. The number of amides is 1. The standard InChI is InChI=1S/C19H18ClN3O2S/c20-15-5-3-14(4-6-15)16-12-21-18(25-16)13-22-7-9-23(10-8-22)19(24)17-2-1-11-26-17/h1-6,11-12H,7-10,13H2. The lowest BCUT2D eigenvalue weighted by Gasteiger charge is -2.33. The largest absolute Gasteiger partial charge is 0.439 e. The van der Waals surface area contributed by atoms with Crippen molar-refractivity contribution in [2.75, 3.05) is 26.2 Å². The number of carbonyl (C=O) groups excluding carboxylic acids is 1. The summed E-state index contributed by atoms with van der Waals surface area (Å²) in [6.07, 6.45) is 1.75. The molecule has 3 aromatic rings. The van der Waals surface area contributed by atoms with Crippen LogP contribution >= 0.6 is 22.9 Å². The maximum absolute atomic E-state index is 12.4. The molecule has 3 heterocycles. The average molecular weight is 388 g/mol. The summed E-state index contributed by atoms with van der Waals surface area (Å²) < 4.78 is 5.87. The van der Waals surface area contributed by atoms with Gasteiger partial charge in [-0.05, 0) is 35.7 Å². The van der Waals surface area contributed by atoms with Crippen LogP contribution in [-0.2, 0) is 6.54 Å². The minimum atomic E-state index is 0.126. The summed E-state index contributed by atoms with van der Waals surface area (Å²) in [5.74, 6) is 1.55. The van der Waals surface area contributed by atoms with Gasteiger partial charge in [0.1, 0.15) is 0 Å². The molecule has 0 bridgehead atoms. The van der Waals surface area contributed by atoms with Crippen LogP contribution in [0.2, 0.25) is 5.02 Å². The van der Waals surface area contributed by atoms with Crippen molar-refractivity contribution in [3.05, 3.63) is 63.8 Å². The van der Waals surface area contributed by atoms with Crippen molar-refractivity contribution in [2.24, 2.45) is 0 Å². The van der Waals surface area contributed by atoms with Crippen LogP contribution in [0.5, 0.6) is 0 Å². The first-order valence-electron chi connectivity index (χ1n) is 8.45. The fourth-order valence-corrected chi connectivity index (χ4v) is 3.80. The van der Waals surface area contributed by atoms with Gasteiger partial charge in [0.25, 0.3) is 5.91 Å². The molecule has 1 aromatic carbocycles. The van der Waals surface area contributed by atoms with E-state index in [1.807, 2.05) is 46.7 Å². The highest BCUT2D eigenvalue weighted by Gasteiger charge is 2.23. The third-order valence-electron chi connectivity index (χ3n) is 4.43. The molecule has 7 heteroatoms. The zero-order valence-electron chi connectivity index (χ0n) is 14.1. The van der Waals surface area contributed by atoms with Gasteiger partial charge < -0.3 is 9.32 Å². The van der Waals surface area contributed by atoms with E-state index in [9.17, 15) is 4.79 Å². The molecular weight excluding hydrogens is 370 g/mol. The topological polar surface area (TPSA) is 49.6 Å². The lowest BCUT2D eigenvalue weighted by atomic mass is 10.2. The summed E-state index contributed by atoms with van der Waals surface area (Å²) in [4.78, 5) is 21.7. The first-order chi connectivity index (χ1) is 12.7. The lowest BCUT2D eigenvalue weighted by Crippen LogP contribution is -2.48. The van der Waals surface area contributed by atoms with E-state index in [2.05, 4.69) is 9.88 Å². The number of nitrogens with zero attached hydrogens (tertiary/aromatic N) is 3. The normalized spacial score (nSPS) is 15.3. The van der Waals surface area contributed by atoms with Crippen molar-refractivity contribution in [3.8, 4) is 11.3 Å². The minimum absolute atomic E-state index is 0.126. The molecule has 4 rings (SSSR count). The molecule has 0 N–H and O–H groups in total. The number of piperazine rings is 1. The third-order valence-corrected chi connectivity index (χ3v) is 5.54. The van der Waals surface area contributed by atoms with Crippen molar-refractivity contribution in [2.45, 2.75) is 6.54 Å². The van der Waals surface area contributed by atoms with Crippen LogP contribution in [0, 0.1) is 0 Å². The predicted molar refractivity (Wildman–Crippen MR) is 102 cm³/mol. The molecule has 0 radical (unpaired) electrons. The molecular formula is C19H18ClN3O2S. The molecule has 1 fully saturated rings. The Morgan fingerprint density at radius 2 is 1.92 bits per heavy atom. The molecule has 0 unspecified atom stereocenters. The Kier molecular flexibility index (Phi) is 5.06. The first kappa shape index (κ1) is 17.3. The van der Waals surface area contributed by atoms with E-state index in [1.165, 1.54) is 11.3 Å². The van der Waals surface area contributed by atoms with Crippen molar-refractivity contribution >= 4 is 28.8 Å². The molecule has 134 valence electrons. The molecule has 2 aromatic heterocycles. The Labute approximate surface area is 160 Å². The average Bonchev–Trinajstić information content (AvgIpc) is 3.35. The highest BCUT2D eigenvalue weighted by molar-refractivity contribution is 7.12.